The molecule has 3 N–H and O–H groups in total. The van der Waals surface area contributed by atoms with Crippen molar-refractivity contribution in [2.45, 2.75) is 11.8 Å². The van der Waals surface area contributed by atoms with E-state index in [4.69, 9.17) is 17.3 Å². The molecule has 2 aromatic rings. The number of anilines is 2. The Balaban J connectivity index is 1.66. The van der Waals surface area contributed by atoms with Gasteiger partial charge in [-0.25, -0.2) is 14.6 Å². The van der Waals surface area contributed by atoms with E-state index in [-0.39, 0.29) is 11.4 Å². The first-order valence-corrected chi connectivity index (χ1v) is 9.91. The normalized spacial score (nSPS) is 21.3. The molecule has 1 unspecified atom stereocenters. The van der Waals surface area contributed by atoms with E-state index < -0.39 is 6.03 Å². The number of nitrogens with one attached hydrogen (secondary N) is 1. The summed E-state index contributed by atoms with van der Waals surface area (Å²) >= 11 is 10.6. The molecule has 1 atom stereocenters. The number of likely N-dealkylation sites (tertiary alicyclic amines) is 1. The second kappa shape index (κ2) is 6.40. The highest BCUT2D eigenvalue weighted by Crippen LogP contribution is 2.47. The fourth-order valence-electron chi connectivity index (χ4n) is 3.70. The van der Waals surface area contributed by atoms with Crippen LogP contribution in [0.1, 0.15) is 12.0 Å². The Hall–Kier alpha value is -1.84. The molecule has 2 aliphatic rings. The summed E-state index contributed by atoms with van der Waals surface area (Å²) in [6, 6.07) is 5.13. The zero-order chi connectivity index (χ0) is 18.5. The molecule has 1 fully saturated rings. The molecule has 1 saturated heterocycles. The van der Waals surface area contributed by atoms with Crippen LogP contribution in [0.3, 0.4) is 0 Å². The van der Waals surface area contributed by atoms with Gasteiger partial charge < -0.3 is 10.6 Å². The Morgan fingerprint density at radius 3 is 2.85 bits per heavy atom. The molecule has 0 saturated carbocycles. The van der Waals surface area contributed by atoms with Crippen LogP contribution in [-0.4, -0.2) is 41.6 Å². The first kappa shape index (κ1) is 17.6. The summed E-state index contributed by atoms with van der Waals surface area (Å²) in [4.78, 5) is 31.9. The van der Waals surface area contributed by atoms with Crippen molar-refractivity contribution in [1.29, 1.82) is 0 Å². The van der Waals surface area contributed by atoms with Crippen molar-refractivity contribution in [2.24, 2.45) is 5.73 Å². The van der Waals surface area contributed by atoms with E-state index in [0.29, 0.717) is 29.1 Å². The van der Waals surface area contributed by atoms with Gasteiger partial charge in [-0.3, -0.25) is 10.2 Å². The number of nitrogens with zero attached hydrogens (tertiary/aromatic N) is 3. The third-order valence-corrected chi connectivity index (χ3v) is 6.41. The Labute approximate surface area is 167 Å². The van der Waals surface area contributed by atoms with Gasteiger partial charge in [0.05, 0.1) is 6.20 Å². The van der Waals surface area contributed by atoms with E-state index >= 15 is 0 Å². The molecular formula is C16H15BrClN5O2S. The van der Waals surface area contributed by atoms with Gasteiger partial charge in [0, 0.05) is 35.2 Å². The number of carbonyl (C=O) groups excluding carboxylic acids is 2. The summed E-state index contributed by atoms with van der Waals surface area (Å²) in [6.07, 6.45) is 2.26. The largest absolute Gasteiger partial charge is 0.351 e. The van der Waals surface area contributed by atoms with Gasteiger partial charge in [-0.2, -0.15) is 0 Å². The average Bonchev–Trinajstić information content (AvgIpc) is 3.27. The molecule has 2 aliphatic heterocycles. The summed E-state index contributed by atoms with van der Waals surface area (Å²) in [5.74, 6) is 0. The molecule has 4 rings (SSSR count). The Kier molecular flexibility index (Phi) is 4.32. The van der Waals surface area contributed by atoms with Crippen molar-refractivity contribution in [2.75, 3.05) is 29.9 Å². The standard InChI is InChI=1S/C16H15BrClN5O2S/c17-9-1-2-11-10(5-9)16(3-4-22(7-16)13(19)24)8-23(11)15(25)21-14-20-6-12(18)26-14/h1-2,5-6H,3-4,7-8H2,(H2,19,24)(H,20,21,25). The van der Waals surface area contributed by atoms with Crippen molar-refractivity contribution in [1.82, 2.24) is 9.88 Å². The van der Waals surface area contributed by atoms with E-state index in [9.17, 15) is 9.59 Å². The maximum atomic E-state index is 12.8. The molecule has 0 bridgehead atoms. The molecule has 7 nitrogen and oxygen atoms in total. The average molecular weight is 457 g/mol. The van der Waals surface area contributed by atoms with E-state index in [2.05, 4.69) is 26.2 Å². The summed E-state index contributed by atoms with van der Waals surface area (Å²) < 4.78 is 1.44. The van der Waals surface area contributed by atoms with Gasteiger partial charge in [0.1, 0.15) is 4.34 Å². The summed E-state index contributed by atoms with van der Waals surface area (Å²) in [5.41, 5.74) is 7.03. The lowest BCUT2D eigenvalue weighted by Gasteiger charge is -2.25. The summed E-state index contributed by atoms with van der Waals surface area (Å²) in [6.45, 7) is 1.56. The number of amides is 4. The SMILES string of the molecule is NC(=O)N1CCC2(C1)CN(C(=O)Nc1ncc(Cl)s1)c1ccc(Br)cc12. The fraction of sp³-hybridized carbons (Fsp3) is 0.312. The van der Waals surface area contributed by atoms with Gasteiger partial charge in [-0.1, -0.05) is 38.9 Å². The number of urea groups is 2. The van der Waals surface area contributed by atoms with Crippen molar-refractivity contribution in [3.8, 4) is 0 Å². The Bertz CT molecular complexity index is 907. The molecule has 26 heavy (non-hydrogen) atoms. The van der Waals surface area contributed by atoms with Gasteiger partial charge in [0.25, 0.3) is 0 Å². The molecule has 136 valence electrons. The molecule has 3 heterocycles. The van der Waals surface area contributed by atoms with E-state index in [0.717, 1.165) is 22.1 Å². The van der Waals surface area contributed by atoms with Crippen molar-refractivity contribution in [3.63, 3.8) is 0 Å². The number of thiazole rings is 1. The number of nitrogens with two attached hydrogens (primary N) is 1. The van der Waals surface area contributed by atoms with Gasteiger partial charge in [-0.15, -0.1) is 0 Å². The first-order chi connectivity index (χ1) is 12.4. The number of fused-ring (bicyclic) bond motifs is 2. The second-order valence-corrected chi connectivity index (χ2v) is 9.02. The van der Waals surface area contributed by atoms with Crippen molar-refractivity contribution >= 4 is 61.7 Å². The fourth-order valence-corrected chi connectivity index (χ4v) is 4.87. The Morgan fingerprint density at radius 1 is 1.38 bits per heavy atom. The smallest absolute Gasteiger partial charge is 0.328 e. The van der Waals surface area contributed by atoms with Crippen LogP contribution >= 0.6 is 38.9 Å². The predicted molar refractivity (Wildman–Crippen MR) is 105 cm³/mol. The molecule has 1 aromatic heterocycles. The quantitative estimate of drug-likeness (QED) is 0.686. The molecule has 4 amide bonds. The van der Waals surface area contributed by atoms with Crippen LogP contribution in [0.4, 0.5) is 20.4 Å². The number of benzene rings is 1. The van der Waals surface area contributed by atoms with E-state index in [1.807, 2.05) is 18.2 Å². The zero-order valence-corrected chi connectivity index (χ0v) is 16.7. The Morgan fingerprint density at radius 2 is 2.19 bits per heavy atom. The highest BCUT2D eigenvalue weighted by atomic mass is 79.9. The van der Waals surface area contributed by atoms with Gasteiger partial charge >= 0.3 is 12.1 Å². The topological polar surface area (TPSA) is 91.6 Å². The maximum absolute atomic E-state index is 12.8. The molecular weight excluding hydrogens is 442 g/mol. The van der Waals surface area contributed by atoms with Crippen molar-refractivity contribution in [3.05, 3.63) is 38.8 Å². The van der Waals surface area contributed by atoms with Gasteiger partial charge in [0.15, 0.2) is 5.13 Å². The van der Waals surface area contributed by atoms with Crippen LogP contribution in [0.25, 0.3) is 0 Å². The maximum Gasteiger partial charge on any atom is 0.328 e. The minimum atomic E-state index is -0.432. The van der Waals surface area contributed by atoms with E-state index in [1.54, 1.807) is 9.80 Å². The lowest BCUT2D eigenvalue weighted by molar-refractivity contribution is 0.215. The molecule has 1 aromatic carbocycles. The van der Waals surface area contributed by atoms with Crippen LogP contribution in [0.2, 0.25) is 4.34 Å². The first-order valence-electron chi connectivity index (χ1n) is 7.92. The highest BCUT2D eigenvalue weighted by Gasteiger charge is 2.49. The third-order valence-electron chi connectivity index (χ3n) is 4.88. The number of carbonyl (C=O) groups is 2. The number of hydrogen-bond acceptors (Lipinski definition) is 4. The second-order valence-electron chi connectivity index (χ2n) is 6.44. The predicted octanol–water partition coefficient (Wildman–Crippen LogP) is 3.63. The highest BCUT2D eigenvalue weighted by molar-refractivity contribution is 9.10. The zero-order valence-electron chi connectivity index (χ0n) is 13.5. The molecule has 10 heteroatoms. The summed E-state index contributed by atoms with van der Waals surface area (Å²) in [5, 5.41) is 3.24. The lowest BCUT2D eigenvalue weighted by Crippen LogP contribution is -2.42. The molecule has 0 radical (unpaired) electrons. The molecule has 0 aliphatic carbocycles. The van der Waals surface area contributed by atoms with Crippen LogP contribution in [0, 0.1) is 0 Å². The van der Waals surface area contributed by atoms with Crippen LogP contribution in [-0.2, 0) is 5.41 Å². The minimum Gasteiger partial charge on any atom is -0.351 e. The third kappa shape index (κ3) is 2.93. The minimum absolute atomic E-state index is 0.269. The van der Waals surface area contributed by atoms with Gasteiger partial charge in [0.2, 0.25) is 0 Å². The number of primary amides is 1. The lowest BCUT2D eigenvalue weighted by atomic mass is 9.82. The van der Waals surface area contributed by atoms with Gasteiger partial charge in [-0.05, 0) is 30.2 Å². The van der Waals surface area contributed by atoms with Crippen LogP contribution in [0.15, 0.2) is 28.9 Å². The number of hydrogen-bond donors (Lipinski definition) is 2. The molecule has 1 spiro atoms. The number of rotatable bonds is 1. The number of aromatic nitrogens is 1. The van der Waals surface area contributed by atoms with Crippen LogP contribution < -0.4 is 16.0 Å². The van der Waals surface area contributed by atoms with E-state index in [1.165, 1.54) is 17.5 Å². The van der Waals surface area contributed by atoms with Crippen molar-refractivity contribution < 1.29 is 9.59 Å². The monoisotopic (exact) mass is 455 g/mol. The van der Waals surface area contributed by atoms with Crippen LogP contribution in [0.5, 0.6) is 0 Å². The number of halogens is 2. The summed E-state index contributed by atoms with van der Waals surface area (Å²) in [7, 11) is 0.